The van der Waals surface area contributed by atoms with Crippen molar-refractivity contribution in [1.82, 2.24) is 10.3 Å². The molecule has 1 spiro atoms. The second-order valence-electron chi connectivity index (χ2n) is 8.43. The van der Waals surface area contributed by atoms with Crippen molar-refractivity contribution >= 4 is 17.4 Å². The van der Waals surface area contributed by atoms with Crippen molar-refractivity contribution in [3.63, 3.8) is 0 Å². The Kier molecular flexibility index (Phi) is 5.98. The molecule has 0 unspecified atom stereocenters. The third-order valence-electron chi connectivity index (χ3n) is 6.35. The maximum absolute atomic E-state index is 13.9. The number of carbonyl (C=O) groups is 1. The predicted molar refractivity (Wildman–Crippen MR) is 127 cm³/mol. The number of ether oxygens (including phenoxy) is 2. The minimum atomic E-state index is -0.695. The van der Waals surface area contributed by atoms with E-state index in [1.54, 1.807) is 23.2 Å². The number of nitrogens with one attached hydrogen (secondary N) is 1. The number of nitrogens with two attached hydrogens (primary N) is 1. The van der Waals surface area contributed by atoms with Gasteiger partial charge in [-0.3, -0.25) is 9.69 Å². The molecule has 5 rings (SSSR count). The Balaban J connectivity index is 1.43. The van der Waals surface area contributed by atoms with Gasteiger partial charge in [0.1, 0.15) is 18.2 Å². The summed E-state index contributed by atoms with van der Waals surface area (Å²) in [5.74, 6) is 1.08. The lowest BCUT2D eigenvalue weighted by Crippen LogP contribution is -2.42. The van der Waals surface area contributed by atoms with Crippen LogP contribution in [0, 0.1) is 0 Å². The van der Waals surface area contributed by atoms with Crippen molar-refractivity contribution in [2.75, 3.05) is 36.9 Å². The zero-order valence-electron chi connectivity index (χ0n) is 18.4. The number of aromatic nitrogens is 1. The predicted octanol–water partition coefficient (Wildman–Crippen LogP) is 3.43. The molecule has 170 valence electrons. The lowest BCUT2D eigenvalue weighted by Gasteiger charge is -2.35. The first-order valence-corrected chi connectivity index (χ1v) is 11.3. The number of rotatable bonds is 6. The monoisotopic (exact) mass is 444 g/mol. The average Bonchev–Trinajstić information content (AvgIpc) is 3.16. The van der Waals surface area contributed by atoms with Gasteiger partial charge in [0.05, 0.1) is 12.1 Å². The number of anilines is 2. The van der Waals surface area contributed by atoms with Gasteiger partial charge < -0.3 is 20.5 Å². The molecule has 2 aromatic carbocycles. The molecule has 3 heterocycles. The molecule has 2 aliphatic heterocycles. The Labute approximate surface area is 193 Å². The summed E-state index contributed by atoms with van der Waals surface area (Å²) in [7, 11) is 0. The number of amides is 1. The van der Waals surface area contributed by atoms with Gasteiger partial charge in [-0.25, -0.2) is 4.98 Å². The summed E-state index contributed by atoms with van der Waals surface area (Å²) in [5.41, 5.74) is 8.17. The van der Waals surface area contributed by atoms with Crippen LogP contribution in [0.3, 0.4) is 0 Å². The molecule has 7 nitrogen and oxygen atoms in total. The van der Waals surface area contributed by atoms with E-state index < -0.39 is 11.7 Å². The van der Waals surface area contributed by atoms with Gasteiger partial charge in [0.2, 0.25) is 0 Å². The highest BCUT2D eigenvalue weighted by atomic mass is 16.5. The second-order valence-corrected chi connectivity index (χ2v) is 8.43. The zero-order valence-corrected chi connectivity index (χ0v) is 18.4. The summed E-state index contributed by atoms with van der Waals surface area (Å²) in [6.45, 7) is 2.36. The number of nitrogens with zero attached hydrogens (tertiary/aromatic N) is 2. The fourth-order valence-corrected chi connectivity index (χ4v) is 4.73. The number of hydrogen-bond acceptors (Lipinski definition) is 6. The molecule has 1 amide bonds. The van der Waals surface area contributed by atoms with Crippen LogP contribution in [0.15, 0.2) is 72.9 Å². The molecular formula is C26H28N4O3. The Morgan fingerprint density at radius 2 is 1.88 bits per heavy atom. The van der Waals surface area contributed by atoms with Gasteiger partial charge >= 0.3 is 0 Å². The van der Waals surface area contributed by atoms with Crippen molar-refractivity contribution in [3.8, 4) is 5.75 Å². The van der Waals surface area contributed by atoms with Crippen LogP contribution >= 0.6 is 0 Å². The van der Waals surface area contributed by atoms with Crippen LogP contribution in [-0.2, 0) is 15.1 Å². The van der Waals surface area contributed by atoms with Crippen molar-refractivity contribution in [2.45, 2.75) is 24.5 Å². The van der Waals surface area contributed by atoms with Crippen LogP contribution in [0.25, 0.3) is 0 Å². The molecular weight excluding hydrogens is 416 g/mol. The van der Waals surface area contributed by atoms with Crippen LogP contribution in [0.1, 0.15) is 30.1 Å². The summed E-state index contributed by atoms with van der Waals surface area (Å²) >= 11 is 0. The first kappa shape index (κ1) is 21.4. The van der Waals surface area contributed by atoms with Gasteiger partial charge in [0.15, 0.2) is 6.10 Å². The van der Waals surface area contributed by atoms with E-state index >= 15 is 0 Å². The highest BCUT2D eigenvalue weighted by Crippen LogP contribution is 2.49. The normalized spacial score (nSPS) is 18.6. The van der Waals surface area contributed by atoms with E-state index in [0.29, 0.717) is 24.7 Å². The molecule has 3 aromatic rings. The third kappa shape index (κ3) is 4.29. The molecule has 0 aliphatic carbocycles. The van der Waals surface area contributed by atoms with Crippen LogP contribution < -0.4 is 20.7 Å². The number of nitrogen functional groups attached to an aromatic ring is 1. The topological polar surface area (TPSA) is 89.7 Å². The van der Waals surface area contributed by atoms with Crippen molar-refractivity contribution in [1.29, 1.82) is 0 Å². The van der Waals surface area contributed by atoms with E-state index in [1.807, 2.05) is 48.5 Å². The fraction of sp³-hybridized carbons (Fsp3) is 0.308. The van der Waals surface area contributed by atoms with Crippen LogP contribution in [0.4, 0.5) is 11.5 Å². The maximum Gasteiger partial charge on any atom is 0.262 e. The number of carbonyl (C=O) groups excluding carboxylic acids is 1. The SMILES string of the molecule is Nc1ccnc(N(CCOc2ccccc2)C(=O)[C@@H]2OC3(CCNCC3)c3ccccc32)c1. The fourth-order valence-electron chi connectivity index (χ4n) is 4.73. The standard InChI is InChI=1S/C26H28N4O3/c27-19-10-13-29-23(18-19)30(16-17-32-20-6-2-1-3-7-20)25(31)24-21-8-4-5-9-22(21)26(33-24)11-14-28-15-12-26/h1-10,13,18,24,28H,11-12,14-17H2,(H2,27,29)/t24-/m1/s1. The Morgan fingerprint density at radius 3 is 2.67 bits per heavy atom. The molecule has 1 fully saturated rings. The Hall–Kier alpha value is -3.42. The van der Waals surface area contributed by atoms with Crippen molar-refractivity contribution in [3.05, 3.63) is 84.1 Å². The van der Waals surface area contributed by atoms with Crippen LogP contribution in [0.2, 0.25) is 0 Å². The zero-order chi connectivity index (χ0) is 22.7. The molecule has 0 radical (unpaired) electrons. The summed E-state index contributed by atoms with van der Waals surface area (Å²) in [6, 6.07) is 21.0. The molecule has 2 aliphatic rings. The first-order chi connectivity index (χ1) is 16.2. The maximum atomic E-state index is 13.9. The summed E-state index contributed by atoms with van der Waals surface area (Å²) in [5, 5.41) is 3.39. The number of hydrogen-bond donors (Lipinski definition) is 2. The number of benzene rings is 2. The van der Waals surface area contributed by atoms with Gasteiger partial charge in [0, 0.05) is 18.0 Å². The second kappa shape index (κ2) is 9.21. The Bertz CT molecular complexity index is 1120. The van der Waals surface area contributed by atoms with Crippen LogP contribution in [0.5, 0.6) is 5.75 Å². The molecule has 33 heavy (non-hydrogen) atoms. The van der Waals surface area contributed by atoms with E-state index in [1.165, 1.54) is 0 Å². The lowest BCUT2D eigenvalue weighted by atomic mass is 9.84. The van der Waals surface area contributed by atoms with Gasteiger partial charge in [0.25, 0.3) is 5.91 Å². The van der Waals surface area contributed by atoms with Crippen LogP contribution in [-0.4, -0.2) is 37.1 Å². The average molecular weight is 445 g/mol. The van der Waals surface area contributed by atoms with Crippen molar-refractivity contribution in [2.24, 2.45) is 0 Å². The van der Waals surface area contributed by atoms with Gasteiger partial charge in [-0.1, -0.05) is 42.5 Å². The van der Waals surface area contributed by atoms with E-state index in [2.05, 4.69) is 16.4 Å². The van der Waals surface area contributed by atoms with E-state index in [4.69, 9.17) is 15.2 Å². The molecule has 0 bridgehead atoms. The lowest BCUT2D eigenvalue weighted by molar-refractivity contribution is -0.145. The summed E-state index contributed by atoms with van der Waals surface area (Å²) < 4.78 is 12.5. The summed E-state index contributed by atoms with van der Waals surface area (Å²) in [6.07, 6.45) is 2.59. The van der Waals surface area contributed by atoms with Gasteiger partial charge in [-0.2, -0.15) is 0 Å². The molecule has 0 saturated carbocycles. The number of fused-ring (bicyclic) bond motifs is 2. The first-order valence-electron chi connectivity index (χ1n) is 11.3. The van der Waals surface area contributed by atoms with Gasteiger partial charge in [-0.05, 0) is 55.3 Å². The minimum Gasteiger partial charge on any atom is -0.492 e. The summed E-state index contributed by atoms with van der Waals surface area (Å²) in [4.78, 5) is 20.0. The number of para-hydroxylation sites is 1. The van der Waals surface area contributed by atoms with E-state index in [0.717, 1.165) is 42.8 Å². The molecule has 1 aromatic heterocycles. The number of pyridine rings is 1. The highest BCUT2D eigenvalue weighted by Gasteiger charge is 2.48. The molecule has 3 N–H and O–H groups in total. The highest BCUT2D eigenvalue weighted by molar-refractivity contribution is 5.97. The van der Waals surface area contributed by atoms with Crippen molar-refractivity contribution < 1.29 is 14.3 Å². The molecule has 1 atom stereocenters. The third-order valence-corrected chi connectivity index (χ3v) is 6.35. The Morgan fingerprint density at radius 1 is 1.12 bits per heavy atom. The molecule has 1 saturated heterocycles. The number of piperidine rings is 1. The van der Waals surface area contributed by atoms with E-state index in [-0.39, 0.29) is 5.91 Å². The molecule has 7 heteroatoms. The van der Waals surface area contributed by atoms with E-state index in [9.17, 15) is 4.79 Å². The smallest absolute Gasteiger partial charge is 0.262 e. The largest absolute Gasteiger partial charge is 0.492 e. The minimum absolute atomic E-state index is 0.160. The van der Waals surface area contributed by atoms with Gasteiger partial charge in [-0.15, -0.1) is 0 Å². The quantitative estimate of drug-likeness (QED) is 0.606.